The molecule has 1 heterocycles. The molecule has 120 valence electrons. The van der Waals surface area contributed by atoms with E-state index in [2.05, 4.69) is 10.3 Å². The van der Waals surface area contributed by atoms with Crippen LogP contribution in [0.15, 0.2) is 18.2 Å². The molecule has 1 fully saturated rings. The summed E-state index contributed by atoms with van der Waals surface area (Å²) < 4.78 is 15.0. The lowest BCUT2D eigenvalue weighted by molar-refractivity contribution is -0.121. The molecule has 5 nitrogen and oxygen atoms in total. The van der Waals surface area contributed by atoms with Gasteiger partial charge in [-0.15, -0.1) is 12.4 Å². The van der Waals surface area contributed by atoms with Gasteiger partial charge < -0.3 is 10.3 Å². The third-order valence-corrected chi connectivity index (χ3v) is 4.16. The summed E-state index contributed by atoms with van der Waals surface area (Å²) in [5.41, 5.74) is 7.24. The molecular weight excluding hydrogens is 307 g/mol. The van der Waals surface area contributed by atoms with E-state index in [0.29, 0.717) is 17.9 Å². The molecule has 1 aromatic heterocycles. The maximum atomic E-state index is 13.2. The molecule has 3 N–H and O–H groups in total. The third kappa shape index (κ3) is 3.23. The van der Waals surface area contributed by atoms with Gasteiger partial charge in [0.1, 0.15) is 5.82 Å². The van der Waals surface area contributed by atoms with Crippen LogP contribution in [-0.4, -0.2) is 21.5 Å². The van der Waals surface area contributed by atoms with Crippen LogP contribution >= 0.6 is 12.4 Å². The van der Waals surface area contributed by atoms with Gasteiger partial charge in [0.15, 0.2) is 0 Å². The number of nitrogens with two attached hydrogens (primary N) is 1. The lowest BCUT2D eigenvalue weighted by Crippen LogP contribution is -2.34. The summed E-state index contributed by atoms with van der Waals surface area (Å²) in [7, 11) is 1.80. The first-order valence-corrected chi connectivity index (χ1v) is 7.23. The van der Waals surface area contributed by atoms with Crippen molar-refractivity contribution >= 4 is 35.3 Å². The van der Waals surface area contributed by atoms with Crippen LogP contribution in [0, 0.1) is 11.7 Å². The minimum Gasteiger partial charge on any atom is -0.328 e. The van der Waals surface area contributed by atoms with Crippen molar-refractivity contribution in [3.63, 3.8) is 0 Å². The highest BCUT2D eigenvalue weighted by atomic mass is 35.5. The number of fused-ring (bicyclic) bond motifs is 1. The normalized spacial score (nSPS) is 21.4. The number of halogens is 2. The van der Waals surface area contributed by atoms with Crippen molar-refractivity contribution in [2.45, 2.75) is 31.7 Å². The van der Waals surface area contributed by atoms with E-state index in [4.69, 9.17) is 5.73 Å². The number of carbonyl (C=O) groups excluding carboxylic acids is 1. The first-order valence-electron chi connectivity index (χ1n) is 7.23. The number of anilines is 1. The van der Waals surface area contributed by atoms with Gasteiger partial charge in [0, 0.05) is 25.1 Å². The Kier molecular flexibility index (Phi) is 5.03. The zero-order valence-electron chi connectivity index (χ0n) is 12.4. The quantitative estimate of drug-likeness (QED) is 0.891. The molecule has 1 aliphatic carbocycles. The standard InChI is InChI=1S/C15H19FN4O.ClH/c1-20-13-6-5-10(16)8-12(13)18-15(20)19-14(21)9-3-2-4-11(17)7-9;/h5-6,8-9,11H,2-4,7,17H2,1H3,(H,18,19,21);1H. The van der Waals surface area contributed by atoms with Gasteiger partial charge in [-0.1, -0.05) is 6.42 Å². The monoisotopic (exact) mass is 326 g/mol. The first kappa shape index (κ1) is 16.7. The van der Waals surface area contributed by atoms with Gasteiger partial charge in [-0.3, -0.25) is 10.1 Å². The number of carbonyl (C=O) groups is 1. The molecule has 0 spiro atoms. The zero-order chi connectivity index (χ0) is 15.0. The van der Waals surface area contributed by atoms with E-state index >= 15 is 0 Å². The topological polar surface area (TPSA) is 72.9 Å². The van der Waals surface area contributed by atoms with Crippen LogP contribution in [0.4, 0.5) is 10.3 Å². The molecule has 1 amide bonds. The summed E-state index contributed by atoms with van der Waals surface area (Å²) in [5, 5.41) is 2.84. The zero-order valence-corrected chi connectivity index (χ0v) is 13.2. The molecule has 1 aliphatic rings. The molecule has 0 bridgehead atoms. The molecule has 1 aromatic carbocycles. The summed E-state index contributed by atoms with van der Waals surface area (Å²) in [6.45, 7) is 0. The Bertz CT molecular complexity index is 687. The second-order valence-corrected chi connectivity index (χ2v) is 5.74. The molecule has 22 heavy (non-hydrogen) atoms. The first-order chi connectivity index (χ1) is 10.0. The fraction of sp³-hybridized carbons (Fsp3) is 0.467. The Labute approximate surface area is 134 Å². The number of nitrogens with one attached hydrogen (secondary N) is 1. The van der Waals surface area contributed by atoms with E-state index in [-0.39, 0.29) is 36.1 Å². The summed E-state index contributed by atoms with van der Waals surface area (Å²) in [4.78, 5) is 16.6. The Balaban J connectivity index is 0.00000176. The second kappa shape index (κ2) is 6.62. The van der Waals surface area contributed by atoms with Crippen LogP contribution < -0.4 is 11.1 Å². The van der Waals surface area contributed by atoms with Crippen LogP contribution in [-0.2, 0) is 11.8 Å². The van der Waals surface area contributed by atoms with E-state index in [0.717, 1.165) is 24.8 Å². The van der Waals surface area contributed by atoms with E-state index < -0.39 is 0 Å². The van der Waals surface area contributed by atoms with E-state index in [1.807, 2.05) is 0 Å². The van der Waals surface area contributed by atoms with E-state index in [9.17, 15) is 9.18 Å². The van der Waals surface area contributed by atoms with Crippen LogP contribution in [0.5, 0.6) is 0 Å². The smallest absolute Gasteiger partial charge is 0.229 e. The van der Waals surface area contributed by atoms with Crippen LogP contribution in [0.2, 0.25) is 0 Å². The van der Waals surface area contributed by atoms with Gasteiger partial charge in [0.25, 0.3) is 0 Å². The number of nitrogens with zero attached hydrogens (tertiary/aromatic N) is 2. The van der Waals surface area contributed by atoms with Crippen molar-refractivity contribution in [3.8, 4) is 0 Å². The van der Waals surface area contributed by atoms with Gasteiger partial charge >= 0.3 is 0 Å². The minimum absolute atomic E-state index is 0. The molecule has 1 saturated carbocycles. The molecule has 7 heteroatoms. The summed E-state index contributed by atoms with van der Waals surface area (Å²) >= 11 is 0. The Morgan fingerprint density at radius 3 is 2.95 bits per heavy atom. The van der Waals surface area contributed by atoms with Gasteiger partial charge in [-0.05, 0) is 31.4 Å². The number of amides is 1. The van der Waals surface area contributed by atoms with Gasteiger partial charge in [-0.25, -0.2) is 9.37 Å². The lowest BCUT2D eigenvalue weighted by Gasteiger charge is -2.25. The SMILES string of the molecule is Cl.Cn1c(NC(=O)C2CCCC(N)C2)nc2cc(F)ccc21. The van der Waals surface area contributed by atoms with Crippen LogP contribution in [0.1, 0.15) is 25.7 Å². The summed E-state index contributed by atoms with van der Waals surface area (Å²) in [6, 6.07) is 4.50. The Morgan fingerprint density at radius 1 is 1.45 bits per heavy atom. The van der Waals surface area contributed by atoms with Gasteiger partial charge in [0.2, 0.25) is 11.9 Å². The largest absolute Gasteiger partial charge is 0.328 e. The van der Waals surface area contributed by atoms with E-state index in [1.54, 1.807) is 17.7 Å². The van der Waals surface area contributed by atoms with Crippen molar-refractivity contribution in [1.29, 1.82) is 0 Å². The Hall–Kier alpha value is -1.66. The predicted octanol–water partition coefficient (Wildman–Crippen LogP) is 2.59. The molecule has 0 saturated heterocycles. The van der Waals surface area contributed by atoms with Crippen LogP contribution in [0.3, 0.4) is 0 Å². The van der Waals surface area contributed by atoms with Crippen molar-refractivity contribution in [2.24, 2.45) is 18.7 Å². The molecule has 2 aromatic rings. The summed E-state index contributed by atoms with van der Waals surface area (Å²) in [6.07, 6.45) is 3.53. The summed E-state index contributed by atoms with van der Waals surface area (Å²) in [5.74, 6) is -0.00852. The van der Waals surface area contributed by atoms with Crippen molar-refractivity contribution in [1.82, 2.24) is 9.55 Å². The predicted molar refractivity (Wildman–Crippen MR) is 86.5 cm³/mol. The lowest BCUT2D eigenvalue weighted by atomic mass is 9.85. The fourth-order valence-corrected chi connectivity index (χ4v) is 2.96. The van der Waals surface area contributed by atoms with Crippen molar-refractivity contribution < 1.29 is 9.18 Å². The highest BCUT2D eigenvalue weighted by Gasteiger charge is 2.26. The fourth-order valence-electron chi connectivity index (χ4n) is 2.96. The number of aromatic nitrogens is 2. The number of benzene rings is 1. The average molecular weight is 327 g/mol. The van der Waals surface area contributed by atoms with E-state index in [1.165, 1.54) is 12.1 Å². The van der Waals surface area contributed by atoms with Crippen molar-refractivity contribution in [2.75, 3.05) is 5.32 Å². The molecular formula is C15H20ClFN4O. The molecule has 3 rings (SSSR count). The molecule has 0 radical (unpaired) electrons. The van der Waals surface area contributed by atoms with Gasteiger partial charge in [-0.2, -0.15) is 0 Å². The average Bonchev–Trinajstić information content (AvgIpc) is 2.74. The number of hydrogen-bond donors (Lipinski definition) is 2. The molecule has 0 aliphatic heterocycles. The second-order valence-electron chi connectivity index (χ2n) is 5.74. The molecule has 2 atom stereocenters. The Morgan fingerprint density at radius 2 is 2.23 bits per heavy atom. The number of rotatable bonds is 2. The highest BCUT2D eigenvalue weighted by molar-refractivity contribution is 5.93. The number of imidazole rings is 1. The third-order valence-electron chi connectivity index (χ3n) is 4.16. The highest BCUT2D eigenvalue weighted by Crippen LogP contribution is 2.25. The van der Waals surface area contributed by atoms with Crippen molar-refractivity contribution in [3.05, 3.63) is 24.0 Å². The van der Waals surface area contributed by atoms with Gasteiger partial charge in [0.05, 0.1) is 11.0 Å². The number of aryl methyl sites for hydroxylation is 1. The number of hydrogen-bond acceptors (Lipinski definition) is 3. The molecule has 2 unspecified atom stereocenters. The maximum absolute atomic E-state index is 13.2. The minimum atomic E-state index is -0.336. The van der Waals surface area contributed by atoms with Crippen LogP contribution in [0.25, 0.3) is 11.0 Å². The maximum Gasteiger partial charge on any atom is 0.229 e.